The lowest BCUT2D eigenvalue weighted by molar-refractivity contribution is -0.133. The summed E-state index contributed by atoms with van der Waals surface area (Å²) in [4.78, 5) is 14.2. The first-order valence-electron chi connectivity index (χ1n) is 6.66. The number of likely N-dealkylation sites (tertiary alicyclic amines) is 1. The highest BCUT2D eigenvalue weighted by molar-refractivity contribution is 5.77. The van der Waals surface area contributed by atoms with Gasteiger partial charge in [0.15, 0.2) is 0 Å². The fourth-order valence-electron chi connectivity index (χ4n) is 2.55. The van der Waals surface area contributed by atoms with Gasteiger partial charge in [-0.3, -0.25) is 4.79 Å². The van der Waals surface area contributed by atoms with Crippen molar-refractivity contribution in [1.82, 2.24) is 10.2 Å². The van der Waals surface area contributed by atoms with Gasteiger partial charge in [-0.25, -0.2) is 0 Å². The molecule has 0 spiro atoms. The Morgan fingerprint density at radius 3 is 2.69 bits per heavy atom. The zero-order valence-corrected chi connectivity index (χ0v) is 11.0. The summed E-state index contributed by atoms with van der Waals surface area (Å²) in [6.07, 6.45) is 5.31. The third kappa shape index (κ3) is 3.48. The Kier molecular flexibility index (Phi) is 5.81. The molecular formula is C13H26N2O. The van der Waals surface area contributed by atoms with Crippen LogP contribution >= 0.6 is 0 Å². The van der Waals surface area contributed by atoms with Crippen molar-refractivity contribution in [3.63, 3.8) is 0 Å². The van der Waals surface area contributed by atoms with E-state index in [0.29, 0.717) is 17.9 Å². The zero-order valence-electron chi connectivity index (χ0n) is 11.0. The molecule has 0 saturated carbocycles. The quantitative estimate of drug-likeness (QED) is 0.751. The molecule has 3 heteroatoms. The second-order valence-corrected chi connectivity index (χ2v) is 4.83. The first kappa shape index (κ1) is 13.5. The van der Waals surface area contributed by atoms with Gasteiger partial charge in [0.25, 0.3) is 0 Å². The van der Waals surface area contributed by atoms with E-state index in [9.17, 15) is 4.79 Å². The van der Waals surface area contributed by atoms with E-state index < -0.39 is 0 Å². The minimum Gasteiger partial charge on any atom is -0.338 e. The van der Waals surface area contributed by atoms with Crippen molar-refractivity contribution >= 4 is 5.91 Å². The molecule has 1 atom stereocenters. The van der Waals surface area contributed by atoms with Gasteiger partial charge in [0.05, 0.1) is 0 Å². The molecule has 0 aromatic carbocycles. The van der Waals surface area contributed by atoms with E-state index in [4.69, 9.17) is 0 Å². The number of hydrogen-bond donors (Lipinski definition) is 1. The van der Waals surface area contributed by atoms with Crippen molar-refractivity contribution < 1.29 is 4.79 Å². The molecule has 0 aromatic rings. The summed E-state index contributed by atoms with van der Waals surface area (Å²) in [6, 6.07) is 0.437. The van der Waals surface area contributed by atoms with Gasteiger partial charge >= 0.3 is 0 Å². The van der Waals surface area contributed by atoms with Crippen molar-refractivity contribution in [2.45, 2.75) is 52.0 Å². The summed E-state index contributed by atoms with van der Waals surface area (Å²) in [7, 11) is 1.96. The van der Waals surface area contributed by atoms with Crippen LogP contribution in [-0.4, -0.2) is 37.0 Å². The van der Waals surface area contributed by atoms with E-state index >= 15 is 0 Å². The van der Waals surface area contributed by atoms with E-state index in [2.05, 4.69) is 24.1 Å². The molecule has 1 aliphatic rings. The average Bonchev–Trinajstić information content (AvgIpc) is 2.74. The summed E-state index contributed by atoms with van der Waals surface area (Å²) >= 11 is 0. The Bertz CT molecular complexity index is 214. The highest BCUT2D eigenvalue weighted by Crippen LogP contribution is 2.21. The Morgan fingerprint density at radius 2 is 2.12 bits per heavy atom. The molecule has 0 aromatic heterocycles. The minimum absolute atomic E-state index is 0.367. The van der Waals surface area contributed by atoms with Crippen molar-refractivity contribution in [1.29, 1.82) is 0 Å². The van der Waals surface area contributed by atoms with Crippen LogP contribution in [0.15, 0.2) is 0 Å². The van der Waals surface area contributed by atoms with E-state index in [0.717, 1.165) is 38.8 Å². The molecule has 1 N–H and O–H groups in total. The van der Waals surface area contributed by atoms with Gasteiger partial charge in [0.1, 0.15) is 0 Å². The van der Waals surface area contributed by atoms with Crippen molar-refractivity contribution in [2.75, 3.05) is 20.1 Å². The van der Waals surface area contributed by atoms with Gasteiger partial charge in [-0.2, -0.15) is 0 Å². The standard InChI is InChI=1S/C13H26N2O/c1-4-11(5-2)9-13(16)15-8-6-7-12(15)10-14-3/h11-12,14H,4-10H2,1-3H3. The number of hydrogen-bond acceptors (Lipinski definition) is 2. The second kappa shape index (κ2) is 6.89. The van der Waals surface area contributed by atoms with Crippen LogP contribution in [-0.2, 0) is 4.79 Å². The summed E-state index contributed by atoms with van der Waals surface area (Å²) in [5, 5.41) is 3.18. The van der Waals surface area contributed by atoms with Crippen LogP contribution in [0.2, 0.25) is 0 Å². The normalized spacial score (nSPS) is 20.8. The molecule has 16 heavy (non-hydrogen) atoms. The molecule has 94 valence electrons. The molecule has 1 heterocycles. The van der Waals surface area contributed by atoms with Crippen LogP contribution in [0.3, 0.4) is 0 Å². The number of likely N-dealkylation sites (N-methyl/N-ethyl adjacent to an activating group) is 1. The summed E-state index contributed by atoms with van der Waals surface area (Å²) in [5.41, 5.74) is 0. The molecule has 1 amide bonds. The van der Waals surface area contributed by atoms with E-state index in [1.54, 1.807) is 0 Å². The third-order valence-corrected chi connectivity index (χ3v) is 3.76. The molecule has 1 saturated heterocycles. The van der Waals surface area contributed by atoms with Crippen molar-refractivity contribution in [3.05, 3.63) is 0 Å². The maximum Gasteiger partial charge on any atom is 0.223 e. The van der Waals surface area contributed by atoms with Crippen molar-refractivity contribution in [2.24, 2.45) is 5.92 Å². The second-order valence-electron chi connectivity index (χ2n) is 4.83. The topological polar surface area (TPSA) is 32.3 Å². The van der Waals surface area contributed by atoms with Crippen molar-refractivity contribution in [3.8, 4) is 0 Å². The predicted molar refractivity (Wildman–Crippen MR) is 67.4 cm³/mol. The van der Waals surface area contributed by atoms with Gasteiger partial charge < -0.3 is 10.2 Å². The van der Waals surface area contributed by atoms with Gasteiger partial charge in [-0.1, -0.05) is 26.7 Å². The largest absolute Gasteiger partial charge is 0.338 e. The fourth-order valence-corrected chi connectivity index (χ4v) is 2.55. The van der Waals surface area contributed by atoms with Gasteiger partial charge in [-0.05, 0) is 25.8 Å². The van der Waals surface area contributed by atoms with E-state index in [1.165, 1.54) is 6.42 Å². The number of nitrogens with zero attached hydrogens (tertiary/aromatic N) is 1. The van der Waals surface area contributed by atoms with Gasteiger partial charge in [0.2, 0.25) is 5.91 Å². The molecular weight excluding hydrogens is 200 g/mol. The Morgan fingerprint density at radius 1 is 1.44 bits per heavy atom. The molecule has 1 rings (SSSR count). The smallest absolute Gasteiger partial charge is 0.223 e. The number of carbonyl (C=O) groups is 1. The average molecular weight is 226 g/mol. The van der Waals surface area contributed by atoms with Gasteiger partial charge in [-0.15, -0.1) is 0 Å². The number of carbonyl (C=O) groups excluding carboxylic acids is 1. The molecule has 1 aliphatic heterocycles. The van der Waals surface area contributed by atoms with E-state index in [1.807, 2.05) is 7.05 Å². The molecule has 3 nitrogen and oxygen atoms in total. The Hall–Kier alpha value is -0.570. The van der Waals surface area contributed by atoms with Crippen LogP contribution in [0.5, 0.6) is 0 Å². The molecule has 0 aliphatic carbocycles. The summed E-state index contributed by atoms with van der Waals surface area (Å²) < 4.78 is 0. The molecule has 0 bridgehead atoms. The first-order valence-corrected chi connectivity index (χ1v) is 6.66. The van der Waals surface area contributed by atoms with Crippen LogP contribution < -0.4 is 5.32 Å². The fraction of sp³-hybridized carbons (Fsp3) is 0.923. The maximum absolute atomic E-state index is 12.2. The van der Waals surface area contributed by atoms with Crippen LogP contribution in [0, 0.1) is 5.92 Å². The highest BCUT2D eigenvalue weighted by atomic mass is 16.2. The number of rotatable bonds is 6. The lowest BCUT2D eigenvalue weighted by Crippen LogP contribution is -2.41. The maximum atomic E-state index is 12.2. The lowest BCUT2D eigenvalue weighted by atomic mass is 9.98. The van der Waals surface area contributed by atoms with Crippen LogP contribution in [0.25, 0.3) is 0 Å². The lowest BCUT2D eigenvalue weighted by Gasteiger charge is -2.26. The highest BCUT2D eigenvalue weighted by Gasteiger charge is 2.28. The van der Waals surface area contributed by atoms with E-state index in [-0.39, 0.29) is 0 Å². The number of amides is 1. The number of nitrogens with one attached hydrogen (secondary N) is 1. The third-order valence-electron chi connectivity index (χ3n) is 3.76. The van der Waals surface area contributed by atoms with Gasteiger partial charge in [0, 0.05) is 25.6 Å². The molecule has 1 fully saturated rings. The Balaban J connectivity index is 2.45. The van der Waals surface area contributed by atoms with Crippen LogP contribution in [0.1, 0.15) is 46.0 Å². The monoisotopic (exact) mass is 226 g/mol. The Labute approximate surface area is 99.6 Å². The summed E-state index contributed by atoms with van der Waals surface area (Å²) in [6.45, 7) is 6.26. The summed E-state index contributed by atoms with van der Waals surface area (Å²) in [5.74, 6) is 0.940. The molecule has 1 unspecified atom stereocenters. The SMILES string of the molecule is CCC(CC)CC(=O)N1CCCC1CNC. The molecule has 0 radical (unpaired) electrons. The zero-order chi connectivity index (χ0) is 12.0. The minimum atomic E-state index is 0.367. The predicted octanol–water partition coefficient (Wildman–Crippen LogP) is 2.02. The first-order chi connectivity index (χ1) is 7.72. The van der Waals surface area contributed by atoms with Crippen LogP contribution in [0.4, 0.5) is 0 Å².